The molecule has 1 aliphatic rings. The van der Waals surface area contributed by atoms with Crippen molar-refractivity contribution in [2.45, 2.75) is 38.0 Å². The number of aliphatic hydroxyl groups excluding tert-OH is 1. The van der Waals surface area contributed by atoms with E-state index < -0.39 is 0 Å². The molecule has 0 radical (unpaired) electrons. The quantitative estimate of drug-likeness (QED) is 0.845. The normalized spacial score (nSPS) is 17.6. The van der Waals surface area contributed by atoms with Gasteiger partial charge in [-0.3, -0.25) is 0 Å². The third-order valence-electron chi connectivity index (χ3n) is 3.62. The molecule has 88 valence electrons. The van der Waals surface area contributed by atoms with Crippen molar-refractivity contribution in [3.8, 4) is 5.75 Å². The molecule has 2 heteroatoms. The molecule has 0 aliphatic heterocycles. The van der Waals surface area contributed by atoms with Crippen LogP contribution in [0, 0.1) is 0 Å². The fourth-order valence-corrected chi connectivity index (χ4v) is 2.17. The van der Waals surface area contributed by atoms with Crippen LogP contribution < -0.4 is 4.74 Å². The van der Waals surface area contributed by atoms with E-state index in [4.69, 9.17) is 4.74 Å². The van der Waals surface area contributed by atoms with Crippen LogP contribution in [-0.2, 0) is 5.41 Å². The van der Waals surface area contributed by atoms with E-state index in [9.17, 15) is 5.11 Å². The van der Waals surface area contributed by atoms with Gasteiger partial charge in [0.25, 0.3) is 0 Å². The topological polar surface area (TPSA) is 29.5 Å². The summed E-state index contributed by atoms with van der Waals surface area (Å²) in [7, 11) is 1.70. The first-order valence-electron chi connectivity index (χ1n) is 5.92. The molecule has 1 aromatic carbocycles. The highest BCUT2D eigenvalue weighted by Crippen LogP contribution is 2.51. The number of benzene rings is 1. The molecule has 0 atom stereocenters. The third kappa shape index (κ3) is 1.82. The molecule has 0 unspecified atom stereocenters. The van der Waals surface area contributed by atoms with Gasteiger partial charge < -0.3 is 9.84 Å². The van der Waals surface area contributed by atoms with E-state index in [2.05, 4.69) is 32.0 Å². The van der Waals surface area contributed by atoms with Gasteiger partial charge in [-0.15, -0.1) is 0 Å². The standard InChI is InChI=1S/C14H20O2/c1-10(2)11-4-5-12(13(8-11)16-3)14(9-15)6-7-14/h4-5,8,10,15H,6-7,9H2,1-3H3. The van der Waals surface area contributed by atoms with Gasteiger partial charge in [0.05, 0.1) is 13.7 Å². The van der Waals surface area contributed by atoms with Crippen molar-refractivity contribution >= 4 is 0 Å². The maximum atomic E-state index is 9.45. The summed E-state index contributed by atoms with van der Waals surface area (Å²) >= 11 is 0. The lowest BCUT2D eigenvalue weighted by atomic mass is 9.92. The molecular weight excluding hydrogens is 200 g/mol. The van der Waals surface area contributed by atoms with Gasteiger partial charge in [0, 0.05) is 11.0 Å². The number of aliphatic hydroxyl groups is 1. The van der Waals surface area contributed by atoms with Crippen molar-refractivity contribution in [2.24, 2.45) is 0 Å². The Balaban J connectivity index is 2.39. The first-order valence-corrected chi connectivity index (χ1v) is 5.92. The van der Waals surface area contributed by atoms with Gasteiger partial charge in [-0.25, -0.2) is 0 Å². The monoisotopic (exact) mass is 220 g/mol. The molecule has 1 aromatic rings. The summed E-state index contributed by atoms with van der Waals surface area (Å²) < 4.78 is 5.45. The van der Waals surface area contributed by atoms with Crippen LogP contribution in [0.4, 0.5) is 0 Å². The number of hydrogen-bond acceptors (Lipinski definition) is 2. The number of ether oxygens (including phenoxy) is 1. The number of rotatable bonds is 4. The summed E-state index contributed by atoms with van der Waals surface area (Å²) in [6.07, 6.45) is 2.14. The molecule has 2 nitrogen and oxygen atoms in total. The average Bonchev–Trinajstić information content (AvgIpc) is 3.09. The van der Waals surface area contributed by atoms with Crippen LogP contribution in [0.5, 0.6) is 5.75 Å². The first kappa shape index (κ1) is 11.5. The van der Waals surface area contributed by atoms with Gasteiger partial charge in [0.15, 0.2) is 0 Å². The second kappa shape index (κ2) is 4.10. The molecule has 2 rings (SSSR count). The van der Waals surface area contributed by atoms with Gasteiger partial charge in [-0.1, -0.05) is 26.0 Å². The SMILES string of the molecule is COc1cc(C(C)C)ccc1C1(CO)CC1. The Bertz CT molecular complexity index is 378. The Kier molecular flexibility index (Phi) is 2.94. The summed E-state index contributed by atoms with van der Waals surface area (Å²) in [5.74, 6) is 1.44. The summed E-state index contributed by atoms with van der Waals surface area (Å²) in [5, 5.41) is 9.45. The molecule has 0 amide bonds. The lowest BCUT2D eigenvalue weighted by molar-refractivity contribution is 0.251. The van der Waals surface area contributed by atoms with Gasteiger partial charge in [-0.2, -0.15) is 0 Å². The van der Waals surface area contributed by atoms with Crippen LogP contribution in [0.15, 0.2) is 18.2 Å². The molecule has 0 saturated heterocycles. The lowest BCUT2D eigenvalue weighted by Gasteiger charge is -2.18. The minimum atomic E-state index is -0.0130. The predicted octanol–water partition coefficient (Wildman–Crippen LogP) is 2.84. The van der Waals surface area contributed by atoms with Gasteiger partial charge in [0.1, 0.15) is 5.75 Å². The summed E-state index contributed by atoms with van der Waals surface area (Å²) in [6.45, 7) is 4.57. The van der Waals surface area contributed by atoms with Crippen LogP contribution in [-0.4, -0.2) is 18.8 Å². The lowest BCUT2D eigenvalue weighted by Crippen LogP contribution is -2.13. The predicted molar refractivity (Wildman–Crippen MR) is 65.1 cm³/mol. The Labute approximate surface area is 97.3 Å². The Morgan fingerprint density at radius 2 is 2.06 bits per heavy atom. The van der Waals surface area contributed by atoms with Crippen LogP contribution in [0.3, 0.4) is 0 Å². The van der Waals surface area contributed by atoms with Crippen LogP contribution in [0.1, 0.15) is 43.7 Å². The second-order valence-corrected chi connectivity index (χ2v) is 5.05. The summed E-state index contributed by atoms with van der Waals surface area (Å²) in [6, 6.07) is 6.38. The molecule has 0 aromatic heterocycles. The highest BCUT2D eigenvalue weighted by Gasteiger charge is 2.45. The Morgan fingerprint density at radius 1 is 1.38 bits per heavy atom. The van der Waals surface area contributed by atoms with Crippen molar-refractivity contribution in [1.82, 2.24) is 0 Å². The molecule has 1 aliphatic carbocycles. The zero-order valence-electron chi connectivity index (χ0n) is 10.3. The Morgan fingerprint density at radius 3 is 2.50 bits per heavy atom. The molecular formula is C14H20O2. The van der Waals surface area contributed by atoms with Crippen LogP contribution in [0.25, 0.3) is 0 Å². The second-order valence-electron chi connectivity index (χ2n) is 5.05. The van der Waals surface area contributed by atoms with Crippen LogP contribution in [0.2, 0.25) is 0 Å². The number of methoxy groups -OCH3 is 1. The minimum Gasteiger partial charge on any atom is -0.496 e. The smallest absolute Gasteiger partial charge is 0.122 e. The number of hydrogen-bond donors (Lipinski definition) is 1. The Hall–Kier alpha value is -1.02. The third-order valence-corrected chi connectivity index (χ3v) is 3.62. The minimum absolute atomic E-state index is 0.0130. The highest BCUT2D eigenvalue weighted by atomic mass is 16.5. The zero-order chi connectivity index (χ0) is 11.8. The summed E-state index contributed by atoms with van der Waals surface area (Å²) in [4.78, 5) is 0. The highest BCUT2D eigenvalue weighted by molar-refractivity contribution is 5.46. The van der Waals surface area contributed by atoms with Crippen molar-refractivity contribution in [3.63, 3.8) is 0 Å². The van der Waals surface area contributed by atoms with E-state index in [1.165, 1.54) is 11.1 Å². The fourth-order valence-electron chi connectivity index (χ4n) is 2.17. The molecule has 1 saturated carbocycles. The first-order chi connectivity index (χ1) is 7.63. The van der Waals surface area contributed by atoms with E-state index >= 15 is 0 Å². The zero-order valence-corrected chi connectivity index (χ0v) is 10.3. The van der Waals surface area contributed by atoms with E-state index in [1.54, 1.807) is 7.11 Å². The molecule has 16 heavy (non-hydrogen) atoms. The van der Waals surface area contributed by atoms with Crippen molar-refractivity contribution in [1.29, 1.82) is 0 Å². The maximum Gasteiger partial charge on any atom is 0.122 e. The fraction of sp³-hybridized carbons (Fsp3) is 0.571. The maximum absolute atomic E-state index is 9.45. The molecule has 0 heterocycles. The van der Waals surface area contributed by atoms with E-state index in [0.717, 1.165) is 18.6 Å². The van der Waals surface area contributed by atoms with Crippen molar-refractivity contribution in [2.75, 3.05) is 13.7 Å². The molecule has 0 spiro atoms. The molecule has 0 bridgehead atoms. The van der Waals surface area contributed by atoms with Crippen molar-refractivity contribution in [3.05, 3.63) is 29.3 Å². The van der Waals surface area contributed by atoms with E-state index in [0.29, 0.717) is 5.92 Å². The average molecular weight is 220 g/mol. The molecule has 1 fully saturated rings. The largest absolute Gasteiger partial charge is 0.496 e. The van der Waals surface area contributed by atoms with Gasteiger partial charge in [0.2, 0.25) is 0 Å². The van der Waals surface area contributed by atoms with Gasteiger partial charge >= 0.3 is 0 Å². The van der Waals surface area contributed by atoms with Crippen LogP contribution >= 0.6 is 0 Å². The van der Waals surface area contributed by atoms with Gasteiger partial charge in [-0.05, 0) is 30.4 Å². The van der Waals surface area contributed by atoms with E-state index in [1.807, 2.05) is 0 Å². The van der Waals surface area contributed by atoms with Crippen molar-refractivity contribution < 1.29 is 9.84 Å². The molecule has 1 N–H and O–H groups in total. The van der Waals surface area contributed by atoms with E-state index in [-0.39, 0.29) is 12.0 Å². The summed E-state index contributed by atoms with van der Waals surface area (Å²) in [5.41, 5.74) is 2.44.